The number of alkyl carbamates (subject to hydrolysis) is 1. The molecular formula is C55H77N2O11+. The fourth-order valence-electron chi connectivity index (χ4n) is 16.2. The van der Waals surface area contributed by atoms with Crippen molar-refractivity contribution in [2.24, 2.45) is 46.3 Å². The van der Waals surface area contributed by atoms with Crippen LogP contribution in [0, 0.1) is 46.3 Å². The molecule has 0 radical (unpaired) electrons. The van der Waals surface area contributed by atoms with Gasteiger partial charge in [-0.25, -0.2) is 9.59 Å². The van der Waals surface area contributed by atoms with E-state index >= 15 is 0 Å². The minimum atomic E-state index is -1.67. The zero-order chi connectivity index (χ0) is 47.8. The average molecular weight is 942 g/mol. The lowest BCUT2D eigenvalue weighted by molar-refractivity contribution is -0.956. The van der Waals surface area contributed by atoms with Gasteiger partial charge in [-0.1, -0.05) is 81.4 Å². The second-order valence-corrected chi connectivity index (χ2v) is 22.7. The number of aliphatic hydroxyl groups excluding tert-OH is 2. The highest BCUT2D eigenvalue weighted by atomic mass is 16.7. The molecule has 1 amide bonds. The van der Waals surface area contributed by atoms with E-state index in [-0.39, 0.29) is 77.9 Å². The first kappa shape index (κ1) is 49.0. The molecule has 13 heteroatoms. The summed E-state index contributed by atoms with van der Waals surface area (Å²) < 4.78 is 25.7. The van der Waals surface area contributed by atoms with E-state index in [4.69, 9.17) is 18.9 Å². The molecule has 13 nitrogen and oxygen atoms in total. The van der Waals surface area contributed by atoms with Gasteiger partial charge in [-0.2, -0.15) is 0 Å². The smallest absolute Gasteiger partial charge is 0.407 e. The van der Waals surface area contributed by atoms with Crippen molar-refractivity contribution in [3.63, 3.8) is 0 Å². The maximum absolute atomic E-state index is 14.7. The number of rotatable bonds is 16. The van der Waals surface area contributed by atoms with Crippen molar-refractivity contribution >= 4 is 24.0 Å². The summed E-state index contributed by atoms with van der Waals surface area (Å²) in [6, 6.07) is 19.6. The number of quaternary nitrogens is 1. The summed E-state index contributed by atoms with van der Waals surface area (Å²) in [5, 5.41) is 35.9. The van der Waals surface area contributed by atoms with Gasteiger partial charge in [0.2, 0.25) is 5.60 Å². The summed E-state index contributed by atoms with van der Waals surface area (Å²) in [7, 11) is 0. The molecule has 4 N–H and O–H groups in total. The van der Waals surface area contributed by atoms with Crippen LogP contribution in [0.2, 0.25) is 0 Å². The van der Waals surface area contributed by atoms with E-state index in [1.807, 2.05) is 60.7 Å². The lowest BCUT2D eigenvalue weighted by Gasteiger charge is -2.63. The van der Waals surface area contributed by atoms with Crippen LogP contribution < -0.4 is 5.32 Å². The van der Waals surface area contributed by atoms with Gasteiger partial charge < -0.3 is 44.1 Å². The summed E-state index contributed by atoms with van der Waals surface area (Å²) >= 11 is 0. The average Bonchev–Trinajstić information content (AvgIpc) is 4.00. The number of hydrogen-bond acceptors (Lipinski definition) is 10. The standard InChI is InChI=1S/C55H76N2O11/c1-35(18-23-48(60)61)43-21-22-44-50-45(33-47(59)54(43,44)3)53(2)25-24-41(29-38(53)30-46(50)58)68-52(64)56-26-12-17-49(62)65-34-66-55(36-13-6-4-7-14-36,37-15-8-5-9-16-37)51(63)67-42-31-39-19-20-40(32-42)57(39)27-10-11-28-57/h4-9,13-16,35,38-47,50,58-59H,10-12,17-34H2,1-3H3,(H-,56,60,61,64)/p+1/t35-,38?,39?,40?,41-,42?,43?,44?,45?,46-,47+,50?,53+,54-/m1/s1. The number of nitrogens with one attached hydrogen (secondary N) is 1. The van der Waals surface area contributed by atoms with Crippen molar-refractivity contribution < 1.29 is 57.9 Å². The Bertz CT molecular complexity index is 2040. The number of amides is 1. The summed E-state index contributed by atoms with van der Waals surface area (Å²) in [5.74, 6) is -0.883. The molecular weight excluding hydrogens is 865 g/mol. The van der Waals surface area contributed by atoms with Crippen molar-refractivity contribution in [2.75, 3.05) is 26.4 Å². The first-order valence-corrected chi connectivity index (χ1v) is 26.2. The Morgan fingerprint density at radius 1 is 0.794 bits per heavy atom. The van der Waals surface area contributed by atoms with Gasteiger partial charge in [-0.05, 0) is 115 Å². The molecule has 2 aromatic rings. The number of hydrogen-bond donors (Lipinski definition) is 4. The number of carbonyl (C=O) groups is 4. The first-order valence-electron chi connectivity index (χ1n) is 26.2. The van der Waals surface area contributed by atoms with E-state index in [0.29, 0.717) is 61.7 Å². The molecule has 7 aliphatic rings. The van der Waals surface area contributed by atoms with E-state index in [2.05, 4.69) is 26.1 Å². The molecule has 4 aliphatic carbocycles. The molecule has 0 aromatic heterocycles. The highest BCUT2D eigenvalue weighted by Crippen LogP contribution is 2.68. The van der Waals surface area contributed by atoms with Crippen LogP contribution in [0.5, 0.6) is 0 Å². The van der Waals surface area contributed by atoms with Gasteiger partial charge in [0.25, 0.3) is 0 Å². The van der Waals surface area contributed by atoms with E-state index < -0.39 is 48.6 Å². The quantitative estimate of drug-likeness (QED) is 0.0419. The van der Waals surface area contributed by atoms with Crippen LogP contribution in [0.15, 0.2) is 60.7 Å². The lowest BCUT2D eigenvalue weighted by atomic mass is 9.43. The topological polar surface area (TPSA) is 178 Å². The van der Waals surface area contributed by atoms with Gasteiger partial charge >= 0.3 is 24.0 Å². The molecule has 3 heterocycles. The third kappa shape index (κ3) is 9.00. The van der Waals surface area contributed by atoms with Crippen LogP contribution in [0.25, 0.3) is 0 Å². The zero-order valence-electron chi connectivity index (χ0n) is 40.6. The first-order chi connectivity index (χ1) is 32.7. The molecule has 2 aromatic carbocycles. The summed E-state index contributed by atoms with van der Waals surface area (Å²) in [6.45, 7) is 8.82. The fraction of sp³-hybridized carbons (Fsp3) is 0.709. The molecule has 7 unspecified atom stereocenters. The maximum Gasteiger partial charge on any atom is 0.407 e. The Balaban J connectivity index is 0.752. The van der Waals surface area contributed by atoms with Crippen molar-refractivity contribution in [2.45, 2.75) is 172 Å². The van der Waals surface area contributed by atoms with Gasteiger partial charge in [-0.3, -0.25) is 9.59 Å². The zero-order valence-corrected chi connectivity index (χ0v) is 40.6. The van der Waals surface area contributed by atoms with Crippen molar-refractivity contribution in [3.05, 3.63) is 71.8 Å². The second-order valence-electron chi connectivity index (χ2n) is 22.7. The van der Waals surface area contributed by atoms with Crippen LogP contribution in [0.4, 0.5) is 4.79 Å². The van der Waals surface area contributed by atoms with Crippen LogP contribution in [0.1, 0.15) is 141 Å². The maximum atomic E-state index is 14.7. The molecule has 2 bridgehead atoms. The minimum Gasteiger partial charge on any atom is -0.481 e. The molecule has 4 saturated carbocycles. The van der Waals surface area contributed by atoms with Gasteiger partial charge in [0.15, 0.2) is 6.79 Å². The van der Waals surface area contributed by atoms with Crippen LogP contribution in [-0.4, -0.2) is 107 Å². The number of aliphatic carboxylic acids is 1. The van der Waals surface area contributed by atoms with Crippen LogP contribution >= 0.6 is 0 Å². The molecule has 1 spiro atoms. The van der Waals surface area contributed by atoms with Crippen molar-refractivity contribution in [1.29, 1.82) is 0 Å². The van der Waals surface area contributed by atoms with E-state index in [1.165, 1.54) is 43.3 Å². The third-order valence-electron chi connectivity index (χ3n) is 19.6. The van der Waals surface area contributed by atoms with Gasteiger partial charge in [-0.15, -0.1) is 0 Å². The van der Waals surface area contributed by atoms with Crippen LogP contribution in [0.3, 0.4) is 0 Å². The highest BCUT2D eigenvalue weighted by Gasteiger charge is 2.66. The van der Waals surface area contributed by atoms with E-state index in [1.54, 1.807) is 0 Å². The third-order valence-corrected chi connectivity index (χ3v) is 19.6. The van der Waals surface area contributed by atoms with Crippen LogP contribution in [-0.2, 0) is 38.9 Å². The number of carbonyl (C=O) groups excluding carboxylic acids is 3. The van der Waals surface area contributed by atoms with E-state index in [9.17, 15) is 34.5 Å². The summed E-state index contributed by atoms with van der Waals surface area (Å²) in [5.41, 5.74) is -0.951. The molecule has 9 rings (SSSR count). The largest absolute Gasteiger partial charge is 0.481 e. The Hall–Kier alpha value is -4.04. The number of carboxylic acids is 1. The lowest BCUT2D eigenvalue weighted by Crippen LogP contribution is -2.62. The van der Waals surface area contributed by atoms with E-state index in [0.717, 1.165) is 32.1 Å². The highest BCUT2D eigenvalue weighted by molar-refractivity contribution is 5.86. The Morgan fingerprint density at radius 2 is 1.46 bits per heavy atom. The number of carboxylic acid groups (broad SMARTS) is 1. The predicted octanol–water partition coefficient (Wildman–Crippen LogP) is 8.27. The van der Waals surface area contributed by atoms with Gasteiger partial charge in [0.05, 0.1) is 37.4 Å². The summed E-state index contributed by atoms with van der Waals surface area (Å²) in [4.78, 5) is 52.3. The summed E-state index contributed by atoms with van der Waals surface area (Å²) in [6.07, 6.45) is 10.8. The number of nitrogens with zero attached hydrogens (tertiary/aromatic N) is 1. The number of fused-ring (bicyclic) bond motifs is 5. The molecule has 13 atom stereocenters. The van der Waals surface area contributed by atoms with Crippen molar-refractivity contribution in [3.8, 4) is 0 Å². The number of ether oxygens (including phenoxy) is 4. The Morgan fingerprint density at radius 3 is 2.10 bits per heavy atom. The fourth-order valence-corrected chi connectivity index (χ4v) is 16.2. The molecule has 3 aliphatic heterocycles. The van der Waals surface area contributed by atoms with Gasteiger partial charge in [0.1, 0.15) is 12.2 Å². The van der Waals surface area contributed by atoms with Crippen molar-refractivity contribution in [1.82, 2.24) is 5.32 Å². The Kier molecular flexibility index (Phi) is 14.4. The normalized spacial score (nSPS) is 36.2. The molecule has 372 valence electrons. The predicted molar refractivity (Wildman–Crippen MR) is 252 cm³/mol. The SMILES string of the molecule is C[C@H](CCC(=O)O)C1CCC2C3C(C[C@H](O)[C@@]21C)[C@@]1(C)CC[C@@H](OC(=O)NCCCC(=O)OCOC(C(=O)OC2CC4CCC(C2)[N+]42CCCC2)(c2ccccc2)c2ccccc2)CC1C[C@H]3O. The second kappa shape index (κ2) is 20.0. The van der Waals surface area contributed by atoms with Gasteiger partial charge in [0, 0.05) is 57.9 Å². The molecule has 3 saturated heterocycles. The number of piperidine rings is 1. The molecule has 7 fully saturated rings. The number of benzene rings is 2. The number of aliphatic hydroxyl groups is 2. The monoisotopic (exact) mass is 942 g/mol. The Labute approximate surface area is 402 Å². The molecule has 68 heavy (non-hydrogen) atoms. The minimum absolute atomic E-state index is 0.0147. The number of esters is 2.